The Bertz CT molecular complexity index is 495. The van der Waals surface area contributed by atoms with Gasteiger partial charge in [-0.05, 0) is 12.0 Å². The largest absolute Gasteiger partial charge is 0.448 e. The zero-order valence-electron chi connectivity index (χ0n) is 12.4. The second-order valence-corrected chi connectivity index (χ2v) is 5.16. The summed E-state index contributed by atoms with van der Waals surface area (Å²) in [7, 11) is 0. The molecule has 120 valence electrons. The molecule has 7 nitrogen and oxygen atoms in total. The van der Waals surface area contributed by atoms with Gasteiger partial charge in [-0.3, -0.25) is 4.90 Å². The maximum absolute atomic E-state index is 11.7. The molecular weight excluding hydrogens is 286 g/mol. The average Bonchev–Trinajstić information content (AvgIpc) is 2.93. The number of alkyl carbamates (subject to hydrolysis) is 1. The van der Waals surface area contributed by atoms with Crippen molar-refractivity contribution in [3.05, 3.63) is 35.9 Å². The fourth-order valence-corrected chi connectivity index (χ4v) is 2.36. The molecule has 1 aromatic rings. The van der Waals surface area contributed by atoms with Crippen LogP contribution < -0.4 is 11.1 Å². The average molecular weight is 307 g/mol. The minimum absolute atomic E-state index is 0.0526. The third-order valence-electron chi connectivity index (χ3n) is 3.46. The van der Waals surface area contributed by atoms with Crippen molar-refractivity contribution >= 4 is 12.2 Å². The summed E-state index contributed by atoms with van der Waals surface area (Å²) in [5.41, 5.74) is 5.85. The van der Waals surface area contributed by atoms with Gasteiger partial charge < -0.3 is 20.5 Å². The summed E-state index contributed by atoms with van der Waals surface area (Å²) in [4.78, 5) is 24.3. The van der Waals surface area contributed by atoms with Gasteiger partial charge in [-0.15, -0.1) is 0 Å². The number of amides is 2. The van der Waals surface area contributed by atoms with Gasteiger partial charge in [-0.2, -0.15) is 0 Å². The van der Waals surface area contributed by atoms with E-state index in [0.29, 0.717) is 13.1 Å². The first-order chi connectivity index (χ1) is 10.6. The Balaban J connectivity index is 1.62. The van der Waals surface area contributed by atoms with Crippen molar-refractivity contribution in [3.63, 3.8) is 0 Å². The summed E-state index contributed by atoms with van der Waals surface area (Å²) < 4.78 is 9.88. The van der Waals surface area contributed by atoms with Gasteiger partial charge in [-0.25, -0.2) is 9.59 Å². The molecule has 22 heavy (non-hydrogen) atoms. The highest BCUT2D eigenvalue weighted by molar-refractivity contribution is 5.67. The number of rotatable bonds is 6. The van der Waals surface area contributed by atoms with E-state index in [0.717, 1.165) is 18.5 Å². The monoisotopic (exact) mass is 307 g/mol. The van der Waals surface area contributed by atoms with Gasteiger partial charge in [0.15, 0.2) is 0 Å². The number of nitrogens with one attached hydrogen (secondary N) is 1. The first-order valence-corrected chi connectivity index (χ1v) is 7.25. The molecule has 0 aliphatic carbocycles. The van der Waals surface area contributed by atoms with Crippen LogP contribution in [0.5, 0.6) is 0 Å². The third-order valence-corrected chi connectivity index (χ3v) is 3.46. The molecule has 1 atom stereocenters. The quantitative estimate of drug-likeness (QED) is 0.820. The Kier molecular flexibility index (Phi) is 6.02. The molecule has 1 unspecified atom stereocenters. The molecule has 7 heteroatoms. The van der Waals surface area contributed by atoms with Crippen LogP contribution in [0.15, 0.2) is 30.3 Å². The fourth-order valence-electron chi connectivity index (χ4n) is 2.36. The first-order valence-electron chi connectivity index (χ1n) is 7.25. The molecule has 1 saturated heterocycles. The summed E-state index contributed by atoms with van der Waals surface area (Å²) in [5, 5.41) is 2.84. The zero-order chi connectivity index (χ0) is 15.8. The Morgan fingerprint density at radius 3 is 2.77 bits per heavy atom. The number of nitrogens with zero attached hydrogens (tertiary/aromatic N) is 1. The van der Waals surface area contributed by atoms with Crippen LogP contribution in [0.4, 0.5) is 9.59 Å². The molecule has 0 saturated carbocycles. The third kappa shape index (κ3) is 5.61. The maximum Gasteiger partial charge on any atom is 0.407 e. The van der Waals surface area contributed by atoms with E-state index in [1.54, 1.807) is 0 Å². The van der Waals surface area contributed by atoms with E-state index in [-0.39, 0.29) is 19.3 Å². The van der Waals surface area contributed by atoms with E-state index in [1.807, 2.05) is 30.3 Å². The highest BCUT2D eigenvalue weighted by Crippen LogP contribution is 2.09. The molecule has 1 heterocycles. The minimum Gasteiger partial charge on any atom is -0.448 e. The molecule has 2 amide bonds. The first kappa shape index (κ1) is 16.1. The lowest BCUT2D eigenvalue weighted by Gasteiger charge is -2.16. The van der Waals surface area contributed by atoms with Crippen molar-refractivity contribution in [2.24, 2.45) is 5.73 Å². The summed E-state index contributed by atoms with van der Waals surface area (Å²) in [5.74, 6) is 0. The van der Waals surface area contributed by atoms with Gasteiger partial charge in [0, 0.05) is 25.7 Å². The van der Waals surface area contributed by atoms with Crippen LogP contribution in [0.1, 0.15) is 12.0 Å². The standard InChI is InChI=1S/C15H21N3O4/c16-14(19)21-9-8-18-7-6-13(10-18)17-15(20)22-11-12-4-2-1-3-5-12/h1-5,13H,6-11H2,(H2,16,19)(H,17,20). The van der Waals surface area contributed by atoms with Crippen molar-refractivity contribution in [1.82, 2.24) is 10.2 Å². The molecular formula is C15H21N3O4. The van der Waals surface area contributed by atoms with Crippen molar-refractivity contribution in [3.8, 4) is 0 Å². The molecule has 0 radical (unpaired) electrons. The fraction of sp³-hybridized carbons (Fsp3) is 0.467. The summed E-state index contributed by atoms with van der Waals surface area (Å²) in [6, 6.07) is 9.58. The molecule has 2 rings (SSSR count). The molecule has 0 aromatic heterocycles. The van der Waals surface area contributed by atoms with E-state index < -0.39 is 12.2 Å². The molecule has 1 aliphatic rings. The number of carbonyl (C=O) groups excluding carboxylic acids is 2. The molecule has 3 N–H and O–H groups in total. The summed E-state index contributed by atoms with van der Waals surface area (Å²) in [6.45, 7) is 2.69. The summed E-state index contributed by atoms with van der Waals surface area (Å²) >= 11 is 0. The van der Waals surface area contributed by atoms with E-state index in [4.69, 9.17) is 15.2 Å². The Hall–Kier alpha value is -2.28. The highest BCUT2D eigenvalue weighted by Gasteiger charge is 2.24. The Labute approximate surface area is 129 Å². The van der Waals surface area contributed by atoms with Crippen LogP contribution in [0.3, 0.4) is 0 Å². The van der Waals surface area contributed by atoms with Gasteiger partial charge in [0.25, 0.3) is 0 Å². The Morgan fingerprint density at radius 2 is 2.05 bits per heavy atom. The summed E-state index contributed by atoms with van der Waals surface area (Å²) in [6.07, 6.45) is -0.334. The van der Waals surface area contributed by atoms with Crippen LogP contribution in [0.2, 0.25) is 0 Å². The van der Waals surface area contributed by atoms with E-state index in [9.17, 15) is 9.59 Å². The van der Waals surface area contributed by atoms with Crippen molar-refractivity contribution in [1.29, 1.82) is 0 Å². The van der Waals surface area contributed by atoms with Gasteiger partial charge in [0.05, 0.1) is 0 Å². The minimum atomic E-state index is -0.765. The maximum atomic E-state index is 11.7. The van der Waals surface area contributed by atoms with Gasteiger partial charge in [0.2, 0.25) is 0 Å². The van der Waals surface area contributed by atoms with Crippen molar-refractivity contribution in [2.45, 2.75) is 19.1 Å². The van der Waals surface area contributed by atoms with Crippen molar-refractivity contribution in [2.75, 3.05) is 26.2 Å². The van der Waals surface area contributed by atoms with Crippen LogP contribution in [0, 0.1) is 0 Å². The van der Waals surface area contributed by atoms with E-state index in [2.05, 4.69) is 10.2 Å². The number of hydrogen-bond donors (Lipinski definition) is 2. The SMILES string of the molecule is NC(=O)OCCN1CCC(NC(=O)OCc2ccccc2)C1. The van der Waals surface area contributed by atoms with Crippen LogP contribution in [-0.4, -0.2) is 49.4 Å². The predicted molar refractivity (Wildman–Crippen MR) is 80.1 cm³/mol. The number of hydrogen-bond acceptors (Lipinski definition) is 5. The van der Waals surface area contributed by atoms with Gasteiger partial charge in [-0.1, -0.05) is 30.3 Å². The number of carbonyl (C=O) groups is 2. The van der Waals surface area contributed by atoms with E-state index >= 15 is 0 Å². The Morgan fingerprint density at radius 1 is 1.27 bits per heavy atom. The predicted octanol–water partition coefficient (Wildman–Crippen LogP) is 1.08. The van der Waals surface area contributed by atoms with Crippen LogP contribution >= 0.6 is 0 Å². The molecule has 0 bridgehead atoms. The molecule has 1 aliphatic heterocycles. The zero-order valence-corrected chi connectivity index (χ0v) is 12.4. The van der Waals surface area contributed by atoms with Crippen LogP contribution in [-0.2, 0) is 16.1 Å². The molecule has 1 fully saturated rings. The van der Waals surface area contributed by atoms with Crippen molar-refractivity contribution < 1.29 is 19.1 Å². The number of likely N-dealkylation sites (tertiary alicyclic amines) is 1. The van der Waals surface area contributed by atoms with Crippen LogP contribution in [0.25, 0.3) is 0 Å². The highest BCUT2D eigenvalue weighted by atomic mass is 16.6. The smallest absolute Gasteiger partial charge is 0.407 e. The number of primary amides is 1. The lowest BCUT2D eigenvalue weighted by Crippen LogP contribution is -2.38. The number of ether oxygens (including phenoxy) is 2. The topological polar surface area (TPSA) is 93.9 Å². The molecule has 0 spiro atoms. The lowest BCUT2D eigenvalue weighted by atomic mass is 10.2. The second-order valence-electron chi connectivity index (χ2n) is 5.16. The molecule has 1 aromatic carbocycles. The van der Waals surface area contributed by atoms with E-state index in [1.165, 1.54) is 0 Å². The normalized spacial score (nSPS) is 17.9. The number of benzene rings is 1. The van der Waals surface area contributed by atoms with Gasteiger partial charge >= 0.3 is 12.2 Å². The number of nitrogens with two attached hydrogens (primary N) is 1. The lowest BCUT2D eigenvalue weighted by molar-refractivity contribution is 0.134. The second kappa shape index (κ2) is 8.23. The van der Waals surface area contributed by atoms with Gasteiger partial charge in [0.1, 0.15) is 13.2 Å².